The van der Waals surface area contributed by atoms with Crippen molar-refractivity contribution in [2.75, 3.05) is 0 Å². The highest BCUT2D eigenvalue weighted by Gasteiger charge is 2.55. The molecule has 1 unspecified atom stereocenters. The van der Waals surface area contributed by atoms with E-state index in [0.29, 0.717) is 11.1 Å². The van der Waals surface area contributed by atoms with Crippen molar-refractivity contribution in [3.05, 3.63) is 53.6 Å². The number of pyridine rings is 1. The molecule has 1 aromatic carbocycles. The van der Waals surface area contributed by atoms with E-state index in [-0.39, 0.29) is 0 Å². The first-order valence-corrected chi connectivity index (χ1v) is 6.01. The quantitative estimate of drug-likeness (QED) is 0.708. The number of nitrogens with one attached hydrogen (secondary N) is 2. The number of carbonyl (C=O) groups excluding carboxylic acids is 2. The van der Waals surface area contributed by atoms with Crippen LogP contribution >= 0.6 is 0 Å². The molecule has 4 rings (SSSR count). The van der Waals surface area contributed by atoms with Crippen molar-refractivity contribution in [1.29, 1.82) is 0 Å². The van der Waals surface area contributed by atoms with Crippen LogP contribution < -0.4 is 10.6 Å². The van der Waals surface area contributed by atoms with Gasteiger partial charge < -0.3 is 5.32 Å². The molecule has 1 aliphatic heterocycles. The van der Waals surface area contributed by atoms with Gasteiger partial charge in [-0.2, -0.15) is 0 Å². The summed E-state index contributed by atoms with van der Waals surface area (Å²) in [6, 6.07) is 5.37. The Balaban J connectivity index is 2.12. The van der Waals surface area contributed by atoms with Crippen molar-refractivity contribution in [2.45, 2.75) is 5.54 Å². The molecular weight excluding hydrogens is 261 g/mol. The largest absolute Gasteiger partial charge is 0.322 e. The van der Waals surface area contributed by atoms with E-state index in [2.05, 4.69) is 15.6 Å². The molecule has 5 nitrogen and oxygen atoms in total. The third-order valence-corrected chi connectivity index (χ3v) is 3.77. The molecule has 3 amide bonds. The second-order valence-electron chi connectivity index (χ2n) is 4.77. The molecule has 98 valence electrons. The van der Waals surface area contributed by atoms with Crippen molar-refractivity contribution in [3.63, 3.8) is 0 Å². The Morgan fingerprint density at radius 3 is 2.65 bits per heavy atom. The third-order valence-electron chi connectivity index (χ3n) is 3.77. The molecule has 0 bridgehead atoms. The normalized spacial score (nSPS) is 22.4. The SMILES string of the molecule is O=C1NC(=O)C2(N1)c1cnccc1-c1ccc(F)cc12. The zero-order valence-electron chi connectivity index (χ0n) is 10.1. The van der Waals surface area contributed by atoms with E-state index in [0.717, 1.165) is 11.1 Å². The molecule has 20 heavy (non-hydrogen) atoms. The van der Waals surface area contributed by atoms with Gasteiger partial charge >= 0.3 is 6.03 Å². The highest BCUT2D eigenvalue weighted by Crippen LogP contribution is 2.48. The summed E-state index contributed by atoms with van der Waals surface area (Å²) in [5.74, 6) is -0.973. The summed E-state index contributed by atoms with van der Waals surface area (Å²) in [5, 5.41) is 4.82. The van der Waals surface area contributed by atoms with Crippen molar-refractivity contribution >= 4 is 11.9 Å². The summed E-state index contributed by atoms with van der Waals surface area (Å²) in [7, 11) is 0. The fraction of sp³-hybridized carbons (Fsp3) is 0.0714. The lowest BCUT2D eigenvalue weighted by Gasteiger charge is -2.22. The van der Waals surface area contributed by atoms with Crippen LogP contribution in [0.3, 0.4) is 0 Å². The van der Waals surface area contributed by atoms with Crippen LogP contribution in [-0.4, -0.2) is 16.9 Å². The summed E-state index contributed by atoms with van der Waals surface area (Å²) in [6.45, 7) is 0. The van der Waals surface area contributed by atoms with E-state index in [1.807, 2.05) is 0 Å². The number of rotatable bonds is 0. The van der Waals surface area contributed by atoms with Gasteiger partial charge in [0.15, 0.2) is 5.54 Å². The standard InChI is InChI=1S/C14H8FN3O2/c15-7-1-2-8-9-3-4-16-6-11(9)14(10(8)5-7)12(19)17-13(20)18-14/h1-6H,(H2,17,18,19,20). The van der Waals surface area contributed by atoms with Gasteiger partial charge in [-0.1, -0.05) is 6.07 Å². The molecule has 1 aromatic heterocycles. The number of urea groups is 1. The molecule has 1 saturated heterocycles. The Morgan fingerprint density at radius 1 is 1.10 bits per heavy atom. The Hall–Kier alpha value is -2.76. The number of nitrogens with zero attached hydrogens (tertiary/aromatic N) is 1. The smallest absolute Gasteiger partial charge is 0.316 e. The minimum atomic E-state index is -1.38. The van der Waals surface area contributed by atoms with Gasteiger partial charge in [-0.05, 0) is 29.3 Å². The molecular formula is C14H8FN3O2. The van der Waals surface area contributed by atoms with Crippen molar-refractivity contribution in [2.24, 2.45) is 0 Å². The fourth-order valence-electron chi connectivity index (χ4n) is 2.97. The minimum absolute atomic E-state index is 0.434. The Labute approximate surface area is 112 Å². The zero-order valence-corrected chi connectivity index (χ0v) is 10.1. The average Bonchev–Trinajstić information content (AvgIpc) is 2.88. The van der Waals surface area contributed by atoms with Gasteiger partial charge in [0.2, 0.25) is 0 Å². The maximum Gasteiger partial charge on any atom is 0.322 e. The van der Waals surface area contributed by atoms with Crippen LogP contribution in [0.1, 0.15) is 11.1 Å². The van der Waals surface area contributed by atoms with Crippen LogP contribution in [0.4, 0.5) is 9.18 Å². The van der Waals surface area contributed by atoms with E-state index in [4.69, 9.17) is 0 Å². The summed E-state index contributed by atoms with van der Waals surface area (Å²) in [6.07, 6.45) is 3.12. The number of amides is 3. The molecule has 1 fully saturated rings. The fourth-order valence-corrected chi connectivity index (χ4v) is 2.97. The number of fused-ring (bicyclic) bond motifs is 5. The van der Waals surface area contributed by atoms with Crippen LogP contribution in [0, 0.1) is 5.82 Å². The summed E-state index contributed by atoms with van der Waals surface area (Å²) < 4.78 is 13.6. The average molecular weight is 269 g/mol. The van der Waals surface area contributed by atoms with Gasteiger partial charge in [0.05, 0.1) is 0 Å². The molecule has 6 heteroatoms. The van der Waals surface area contributed by atoms with Gasteiger partial charge in [-0.25, -0.2) is 9.18 Å². The first kappa shape index (κ1) is 11.1. The second kappa shape index (κ2) is 3.41. The molecule has 2 aliphatic rings. The van der Waals surface area contributed by atoms with Crippen LogP contribution in [0.25, 0.3) is 11.1 Å². The third kappa shape index (κ3) is 1.13. The number of imide groups is 1. The van der Waals surface area contributed by atoms with Crippen molar-refractivity contribution in [1.82, 2.24) is 15.6 Å². The lowest BCUT2D eigenvalue weighted by molar-refractivity contribution is -0.122. The molecule has 0 saturated carbocycles. The van der Waals surface area contributed by atoms with Gasteiger partial charge in [0.1, 0.15) is 5.82 Å². The highest BCUT2D eigenvalue weighted by atomic mass is 19.1. The van der Waals surface area contributed by atoms with E-state index in [9.17, 15) is 14.0 Å². The zero-order chi connectivity index (χ0) is 13.9. The van der Waals surface area contributed by atoms with Gasteiger partial charge in [-0.15, -0.1) is 0 Å². The lowest BCUT2D eigenvalue weighted by Crippen LogP contribution is -2.43. The molecule has 2 N–H and O–H groups in total. The van der Waals surface area contributed by atoms with Crippen LogP contribution in [0.5, 0.6) is 0 Å². The maximum absolute atomic E-state index is 13.6. The predicted octanol–water partition coefficient (Wildman–Crippen LogP) is 1.28. The van der Waals surface area contributed by atoms with E-state index >= 15 is 0 Å². The molecule has 0 radical (unpaired) electrons. The van der Waals surface area contributed by atoms with Crippen molar-refractivity contribution < 1.29 is 14.0 Å². The molecule has 1 atom stereocenters. The second-order valence-corrected chi connectivity index (χ2v) is 4.77. The summed E-state index contributed by atoms with van der Waals surface area (Å²) in [5.41, 5.74) is 1.11. The monoisotopic (exact) mass is 269 g/mol. The number of aromatic nitrogens is 1. The van der Waals surface area contributed by atoms with Gasteiger partial charge in [0.25, 0.3) is 5.91 Å². The van der Waals surface area contributed by atoms with Crippen LogP contribution in [0.2, 0.25) is 0 Å². The molecule has 2 heterocycles. The minimum Gasteiger partial charge on any atom is -0.316 e. The summed E-state index contributed by atoms with van der Waals surface area (Å²) >= 11 is 0. The van der Waals surface area contributed by atoms with Gasteiger partial charge in [0, 0.05) is 23.5 Å². The topological polar surface area (TPSA) is 71.1 Å². The number of hydrogen-bond acceptors (Lipinski definition) is 3. The van der Waals surface area contributed by atoms with Crippen LogP contribution in [0.15, 0.2) is 36.7 Å². The number of benzene rings is 1. The Bertz CT molecular complexity index is 790. The van der Waals surface area contributed by atoms with E-state index in [1.54, 1.807) is 18.3 Å². The van der Waals surface area contributed by atoms with Crippen LogP contribution in [-0.2, 0) is 10.3 Å². The number of halogens is 1. The lowest BCUT2D eigenvalue weighted by atomic mass is 9.88. The summed E-state index contributed by atoms with van der Waals surface area (Å²) in [4.78, 5) is 27.9. The predicted molar refractivity (Wildman–Crippen MR) is 67.1 cm³/mol. The Morgan fingerprint density at radius 2 is 1.90 bits per heavy atom. The first-order valence-electron chi connectivity index (χ1n) is 6.01. The highest BCUT2D eigenvalue weighted by molar-refractivity contribution is 6.13. The molecule has 1 spiro atoms. The maximum atomic E-state index is 13.6. The van der Waals surface area contributed by atoms with E-state index < -0.39 is 23.3 Å². The first-order chi connectivity index (χ1) is 9.63. The molecule has 1 aliphatic carbocycles. The molecule has 2 aromatic rings. The van der Waals surface area contributed by atoms with Crippen molar-refractivity contribution in [3.8, 4) is 11.1 Å². The number of hydrogen-bond donors (Lipinski definition) is 2. The Kier molecular flexibility index (Phi) is 1.89. The number of carbonyl (C=O) groups is 2. The van der Waals surface area contributed by atoms with E-state index in [1.165, 1.54) is 18.3 Å². The van der Waals surface area contributed by atoms with Gasteiger partial charge in [-0.3, -0.25) is 15.1 Å².